The summed E-state index contributed by atoms with van der Waals surface area (Å²) in [7, 11) is 0. The Kier molecular flexibility index (Phi) is 4.36. The normalized spacial score (nSPS) is 11.2. The number of aliphatic carboxylic acids is 2. The van der Waals surface area contributed by atoms with Crippen LogP contribution < -0.4 is 0 Å². The fourth-order valence-corrected chi connectivity index (χ4v) is 1.03. The van der Waals surface area contributed by atoms with Gasteiger partial charge in [-0.2, -0.15) is 0 Å². The molecule has 13 heavy (non-hydrogen) atoms. The maximum Gasteiger partial charge on any atom is 0.321 e. The van der Waals surface area contributed by atoms with Gasteiger partial charge in [0, 0.05) is 13.2 Å². The van der Waals surface area contributed by atoms with Gasteiger partial charge in [-0.3, -0.25) is 9.59 Å². The van der Waals surface area contributed by atoms with E-state index in [0.29, 0.717) is 0 Å². The van der Waals surface area contributed by atoms with Crippen molar-refractivity contribution in [2.24, 2.45) is 5.41 Å². The van der Waals surface area contributed by atoms with Crippen molar-refractivity contribution in [1.29, 1.82) is 0 Å². The Morgan fingerprint density at radius 3 is 1.38 bits per heavy atom. The average Bonchev–Trinajstić information content (AvgIpc) is 2.03. The van der Waals surface area contributed by atoms with Crippen LogP contribution in [0.1, 0.15) is 12.8 Å². The van der Waals surface area contributed by atoms with Crippen molar-refractivity contribution < 1.29 is 30.0 Å². The average molecular weight is 192 g/mol. The summed E-state index contributed by atoms with van der Waals surface area (Å²) in [6.45, 7) is -1.09. The van der Waals surface area contributed by atoms with Gasteiger partial charge < -0.3 is 20.4 Å². The van der Waals surface area contributed by atoms with Crippen molar-refractivity contribution in [2.45, 2.75) is 12.8 Å². The summed E-state index contributed by atoms with van der Waals surface area (Å²) in [6.07, 6.45) is -0.809. The SMILES string of the molecule is O=C(O)C(CCO)(CCO)C(=O)O. The molecule has 0 saturated heterocycles. The molecule has 0 fully saturated rings. The second-order valence-electron chi connectivity index (χ2n) is 2.64. The van der Waals surface area contributed by atoms with Crippen LogP contribution in [-0.4, -0.2) is 45.6 Å². The summed E-state index contributed by atoms with van der Waals surface area (Å²) in [6, 6.07) is 0. The maximum absolute atomic E-state index is 10.6. The van der Waals surface area contributed by atoms with Crippen LogP contribution in [0.15, 0.2) is 0 Å². The first-order valence-electron chi connectivity index (χ1n) is 3.70. The molecule has 0 aliphatic heterocycles. The third-order valence-electron chi connectivity index (χ3n) is 1.90. The van der Waals surface area contributed by atoms with Gasteiger partial charge in [-0.25, -0.2) is 0 Å². The Hall–Kier alpha value is -1.14. The first kappa shape index (κ1) is 11.9. The van der Waals surface area contributed by atoms with Gasteiger partial charge in [0.1, 0.15) is 0 Å². The summed E-state index contributed by atoms with van der Waals surface area (Å²) in [5, 5.41) is 34.3. The van der Waals surface area contributed by atoms with E-state index in [0.717, 1.165) is 0 Å². The molecule has 0 heterocycles. The molecule has 0 aliphatic rings. The summed E-state index contributed by atoms with van der Waals surface area (Å²) < 4.78 is 0. The van der Waals surface area contributed by atoms with Crippen LogP contribution in [0.3, 0.4) is 0 Å². The summed E-state index contributed by atoms with van der Waals surface area (Å²) in [5.74, 6) is -3.08. The number of carboxylic acid groups (broad SMARTS) is 2. The zero-order valence-electron chi connectivity index (χ0n) is 6.93. The van der Waals surface area contributed by atoms with E-state index in [4.69, 9.17) is 20.4 Å². The molecule has 76 valence electrons. The highest BCUT2D eigenvalue weighted by molar-refractivity contribution is 5.98. The van der Waals surface area contributed by atoms with Crippen LogP contribution in [-0.2, 0) is 9.59 Å². The molecule has 0 atom stereocenters. The quantitative estimate of drug-likeness (QED) is 0.397. The van der Waals surface area contributed by atoms with Crippen molar-refractivity contribution in [1.82, 2.24) is 0 Å². The Balaban J connectivity index is 4.80. The Morgan fingerprint density at radius 1 is 0.923 bits per heavy atom. The number of rotatable bonds is 6. The first-order valence-corrected chi connectivity index (χ1v) is 3.70. The molecule has 4 N–H and O–H groups in total. The molecule has 0 unspecified atom stereocenters. The van der Waals surface area contributed by atoms with E-state index in [1.165, 1.54) is 0 Å². The zero-order valence-corrected chi connectivity index (χ0v) is 6.93. The molecular weight excluding hydrogens is 180 g/mol. The molecular formula is C7H12O6. The van der Waals surface area contributed by atoms with Crippen LogP contribution in [0, 0.1) is 5.41 Å². The maximum atomic E-state index is 10.6. The van der Waals surface area contributed by atoms with E-state index in [9.17, 15) is 9.59 Å². The molecule has 0 saturated carbocycles. The molecule has 6 nitrogen and oxygen atoms in total. The molecule has 0 spiro atoms. The molecule has 0 rings (SSSR count). The van der Waals surface area contributed by atoms with Crippen LogP contribution in [0.5, 0.6) is 0 Å². The lowest BCUT2D eigenvalue weighted by molar-refractivity contribution is -0.167. The molecule has 0 aliphatic carbocycles. The molecule has 0 radical (unpaired) electrons. The zero-order chi connectivity index (χ0) is 10.5. The van der Waals surface area contributed by atoms with Crippen LogP contribution in [0.2, 0.25) is 0 Å². The summed E-state index contributed by atoms with van der Waals surface area (Å²) in [5.41, 5.74) is -2.07. The lowest BCUT2D eigenvalue weighted by atomic mass is 9.82. The second kappa shape index (κ2) is 4.78. The molecule has 0 bridgehead atoms. The molecule has 0 amide bonds. The smallest absolute Gasteiger partial charge is 0.321 e. The lowest BCUT2D eigenvalue weighted by Crippen LogP contribution is -2.41. The molecule has 0 aromatic rings. The third kappa shape index (κ3) is 2.40. The van der Waals surface area contributed by atoms with Crippen LogP contribution >= 0.6 is 0 Å². The van der Waals surface area contributed by atoms with Crippen LogP contribution in [0.4, 0.5) is 0 Å². The fraction of sp³-hybridized carbons (Fsp3) is 0.714. The van der Waals surface area contributed by atoms with Crippen molar-refractivity contribution in [3.8, 4) is 0 Å². The highest BCUT2D eigenvalue weighted by Crippen LogP contribution is 2.26. The topological polar surface area (TPSA) is 115 Å². The van der Waals surface area contributed by atoms with Crippen molar-refractivity contribution in [3.63, 3.8) is 0 Å². The van der Waals surface area contributed by atoms with Crippen molar-refractivity contribution in [2.75, 3.05) is 13.2 Å². The standard InChI is InChI=1S/C7H12O6/c8-3-1-7(2-4-9,5(10)11)6(12)13/h8-9H,1-4H2,(H,10,11)(H,12,13). The van der Waals surface area contributed by atoms with Gasteiger partial charge >= 0.3 is 11.9 Å². The Morgan fingerprint density at radius 2 is 1.23 bits per heavy atom. The van der Waals surface area contributed by atoms with E-state index >= 15 is 0 Å². The minimum atomic E-state index is -2.07. The fourth-order valence-electron chi connectivity index (χ4n) is 1.03. The Labute approximate surface area is 74.4 Å². The molecule has 0 aromatic heterocycles. The number of aliphatic hydroxyl groups is 2. The highest BCUT2D eigenvalue weighted by Gasteiger charge is 2.45. The number of carbonyl (C=O) groups is 2. The predicted octanol–water partition coefficient (Wildman–Crippen LogP) is -1.09. The van der Waals surface area contributed by atoms with Gasteiger partial charge in [0.15, 0.2) is 5.41 Å². The number of hydrogen-bond donors (Lipinski definition) is 4. The minimum Gasteiger partial charge on any atom is -0.480 e. The second-order valence-corrected chi connectivity index (χ2v) is 2.64. The lowest BCUT2D eigenvalue weighted by Gasteiger charge is -2.22. The largest absolute Gasteiger partial charge is 0.480 e. The van der Waals surface area contributed by atoms with Gasteiger partial charge in [0.25, 0.3) is 0 Å². The minimum absolute atomic E-state index is 0.405. The first-order chi connectivity index (χ1) is 6.01. The predicted molar refractivity (Wildman–Crippen MR) is 41.1 cm³/mol. The van der Waals surface area contributed by atoms with E-state index in [1.807, 2.05) is 0 Å². The number of hydrogen-bond acceptors (Lipinski definition) is 4. The number of aliphatic hydroxyl groups excluding tert-OH is 2. The monoisotopic (exact) mass is 192 g/mol. The van der Waals surface area contributed by atoms with E-state index < -0.39 is 43.4 Å². The van der Waals surface area contributed by atoms with Crippen molar-refractivity contribution in [3.05, 3.63) is 0 Å². The van der Waals surface area contributed by atoms with Crippen LogP contribution in [0.25, 0.3) is 0 Å². The summed E-state index contributed by atoms with van der Waals surface area (Å²) >= 11 is 0. The molecule has 0 aromatic carbocycles. The summed E-state index contributed by atoms with van der Waals surface area (Å²) in [4.78, 5) is 21.3. The Bertz CT molecular complexity index is 177. The van der Waals surface area contributed by atoms with Gasteiger partial charge in [-0.05, 0) is 12.8 Å². The highest BCUT2D eigenvalue weighted by atomic mass is 16.4. The molecule has 6 heteroatoms. The van der Waals surface area contributed by atoms with Gasteiger partial charge in [0.05, 0.1) is 0 Å². The number of carboxylic acids is 2. The van der Waals surface area contributed by atoms with E-state index in [1.54, 1.807) is 0 Å². The van der Waals surface area contributed by atoms with Gasteiger partial charge in [-0.15, -0.1) is 0 Å². The van der Waals surface area contributed by atoms with E-state index in [-0.39, 0.29) is 0 Å². The van der Waals surface area contributed by atoms with Crippen molar-refractivity contribution >= 4 is 11.9 Å². The van der Waals surface area contributed by atoms with Gasteiger partial charge in [-0.1, -0.05) is 0 Å². The van der Waals surface area contributed by atoms with E-state index in [2.05, 4.69) is 0 Å². The van der Waals surface area contributed by atoms with Gasteiger partial charge in [0.2, 0.25) is 0 Å². The third-order valence-corrected chi connectivity index (χ3v) is 1.90.